The van der Waals surface area contributed by atoms with Crippen LogP contribution in [0.3, 0.4) is 0 Å². The molecule has 0 fully saturated rings. The first kappa shape index (κ1) is 23.7. The second-order valence-electron chi connectivity index (χ2n) is 9.63. The van der Waals surface area contributed by atoms with Crippen LogP contribution in [0.25, 0.3) is 0 Å². The highest BCUT2D eigenvalue weighted by Gasteiger charge is 2.31. The van der Waals surface area contributed by atoms with Crippen LogP contribution in [0.15, 0.2) is 66.4 Å². The molecule has 2 rings (SSSR count). The minimum Gasteiger partial charge on any atom is -0.497 e. The van der Waals surface area contributed by atoms with Crippen LogP contribution < -0.4 is 9.64 Å². The molecule has 0 saturated carbocycles. The number of hydrogen-bond acceptors (Lipinski definition) is 3. The molecule has 2 aromatic rings. The van der Waals surface area contributed by atoms with E-state index in [2.05, 4.69) is 50.8 Å². The summed E-state index contributed by atoms with van der Waals surface area (Å²) in [6.07, 6.45) is 1.54. The van der Waals surface area contributed by atoms with Crippen LogP contribution in [0, 0.1) is 0 Å². The third-order valence-electron chi connectivity index (χ3n) is 4.73. The van der Waals surface area contributed by atoms with Gasteiger partial charge in [0.1, 0.15) is 11.4 Å². The van der Waals surface area contributed by atoms with Crippen molar-refractivity contribution in [3.63, 3.8) is 0 Å². The van der Waals surface area contributed by atoms with Gasteiger partial charge in [0, 0.05) is 11.7 Å². The van der Waals surface area contributed by atoms with E-state index < -0.39 is 19.8 Å². The smallest absolute Gasteiger partial charge is 0.418 e. The van der Waals surface area contributed by atoms with Gasteiger partial charge in [0.25, 0.3) is 0 Å². The number of benzene rings is 2. The number of carbonyl (C=O) groups excluding carboxylic acids is 1. The van der Waals surface area contributed by atoms with E-state index in [0.29, 0.717) is 0 Å². The van der Waals surface area contributed by atoms with E-state index in [1.54, 1.807) is 12.0 Å². The second kappa shape index (κ2) is 9.52. The third kappa shape index (κ3) is 6.49. The summed E-state index contributed by atoms with van der Waals surface area (Å²) in [5, 5.41) is 0. The van der Waals surface area contributed by atoms with Crippen LogP contribution in [0.5, 0.6) is 5.75 Å². The molecule has 162 valence electrons. The van der Waals surface area contributed by atoms with E-state index in [9.17, 15) is 4.79 Å². The lowest BCUT2D eigenvalue weighted by atomic mass is 10.1. The highest BCUT2D eigenvalue weighted by atomic mass is 28.3. The summed E-state index contributed by atoms with van der Waals surface area (Å²) in [4.78, 5) is 14.7. The van der Waals surface area contributed by atoms with Crippen molar-refractivity contribution in [1.82, 2.24) is 0 Å². The zero-order chi connectivity index (χ0) is 22.5. The zero-order valence-electron chi connectivity index (χ0n) is 19.5. The lowest BCUT2D eigenvalue weighted by molar-refractivity contribution is 0.0596. The first-order chi connectivity index (χ1) is 13.9. The monoisotopic (exact) mass is 425 g/mol. The summed E-state index contributed by atoms with van der Waals surface area (Å²) in [6, 6.07) is 18.0. The van der Waals surface area contributed by atoms with E-state index in [-0.39, 0.29) is 5.54 Å². The molecule has 1 atom stereocenters. The van der Waals surface area contributed by atoms with Crippen LogP contribution in [-0.4, -0.2) is 26.9 Å². The van der Waals surface area contributed by atoms with E-state index >= 15 is 0 Å². The Labute approximate surface area is 182 Å². The van der Waals surface area contributed by atoms with Crippen molar-refractivity contribution in [1.29, 1.82) is 0 Å². The molecular formula is C25H35NO3Si. The number of carbonyl (C=O) groups is 1. The summed E-state index contributed by atoms with van der Waals surface area (Å²) in [5.74, 6) is 0.743. The normalized spacial score (nSPS) is 13.5. The second-order valence-corrected chi connectivity index (χ2v) is 14.9. The standard InChI is InChI=1S/C25H35NO3Si/c1-19(23(30(6,7)8)20-12-10-9-11-13-20)18-26(24(27)29-25(2,3)4)21-14-16-22(28-5)17-15-21/h9-18,23H,1-8H3/b19-18-/t23-/m0/s1. The Balaban J connectivity index is 2.52. The quantitative estimate of drug-likeness (QED) is 0.468. The molecule has 0 N–H and O–H groups in total. The van der Waals surface area contributed by atoms with Gasteiger partial charge in [0.15, 0.2) is 0 Å². The first-order valence-electron chi connectivity index (χ1n) is 10.3. The summed E-state index contributed by atoms with van der Waals surface area (Å²) >= 11 is 0. The molecule has 0 aliphatic heterocycles. The first-order valence-corrected chi connectivity index (χ1v) is 13.9. The van der Waals surface area contributed by atoms with Crippen molar-refractivity contribution >= 4 is 19.9 Å². The van der Waals surface area contributed by atoms with Gasteiger partial charge in [0.05, 0.1) is 20.9 Å². The molecular weight excluding hydrogens is 390 g/mol. The fraction of sp³-hybridized carbons (Fsp3) is 0.400. The SMILES string of the molecule is COc1ccc(N(/C=C(/C)[C@@H](c2ccccc2)[Si](C)(C)C)C(=O)OC(C)(C)C)cc1. The van der Waals surface area contributed by atoms with Gasteiger partial charge in [0.2, 0.25) is 0 Å². The van der Waals surface area contributed by atoms with Gasteiger partial charge in [-0.3, -0.25) is 4.90 Å². The number of rotatable bonds is 6. The summed E-state index contributed by atoms with van der Waals surface area (Å²) < 4.78 is 11.0. The van der Waals surface area contributed by atoms with E-state index in [1.807, 2.05) is 57.3 Å². The Hall–Kier alpha value is -2.53. The highest BCUT2D eigenvalue weighted by molar-refractivity contribution is 6.78. The fourth-order valence-electron chi connectivity index (χ4n) is 3.66. The van der Waals surface area contributed by atoms with Crippen molar-refractivity contribution < 1.29 is 14.3 Å². The van der Waals surface area contributed by atoms with Crippen LogP contribution >= 0.6 is 0 Å². The molecule has 0 aliphatic carbocycles. The van der Waals surface area contributed by atoms with Crippen LogP contribution in [0.2, 0.25) is 19.6 Å². The van der Waals surface area contributed by atoms with Crippen molar-refractivity contribution in [2.75, 3.05) is 12.0 Å². The maximum atomic E-state index is 13.1. The van der Waals surface area contributed by atoms with Crippen LogP contribution in [-0.2, 0) is 4.74 Å². The highest BCUT2D eigenvalue weighted by Crippen LogP contribution is 2.35. The molecule has 0 heterocycles. The van der Waals surface area contributed by atoms with Crippen molar-refractivity contribution in [3.05, 3.63) is 71.9 Å². The minimum absolute atomic E-state index is 0.280. The predicted molar refractivity (Wildman–Crippen MR) is 128 cm³/mol. The summed E-state index contributed by atoms with van der Waals surface area (Å²) in [7, 11) is 0.00635. The van der Waals surface area contributed by atoms with Gasteiger partial charge in [-0.2, -0.15) is 0 Å². The lowest BCUT2D eigenvalue weighted by Gasteiger charge is -2.32. The Morgan fingerprint density at radius 2 is 1.57 bits per heavy atom. The molecule has 4 nitrogen and oxygen atoms in total. The number of nitrogens with zero attached hydrogens (tertiary/aromatic N) is 1. The summed E-state index contributed by atoms with van der Waals surface area (Å²) in [5.41, 5.74) is 2.86. The molecule has 0 aliphatic rings. The van der Waals surface area contributed by atoms with E-state index in [4.69, 9.17) is 9.47 Å². The van der Waals surface area contributed by atoms with Crippen LogP contribution in [0.4, 0.5) is 10.5 Å². The molecule has 30 heavy (non-hydrogen) atoms. The average Bonchev–Trinajstić information content (AvgIpc) is 2.64. The Morgan fingerprint density at radius 1 is 1.00 bits per heavy atom. The minimum atomic E-state index is -1.62. The Morgan fingerprint density at radius 3 is 2.03 bits per heavy atom. The largest absolute Gasteiger partial charge is 0.497 e. The van der Waals surface area contributed by atoms with Gasteiger partial charge in [-0.05, 0) is 57.5 Å². The summed E-state index contributed by atoms with van der Waals surface area (Å²) in [6.45, 7) is 14.8. The van der Waals surface area contributed by atoms with Gasteiger partial charge in [-0.15, -0.1) is 0 Å². The predicted octanol–water partition coefficient (Wildman–Crippen LogP) is 7.00. The Bertz CT molecular complexity index is 862. The number of anilines is 1. The van der Waals surface area contributed by atoms with Crippen molar-refractivity contribution in [2.45, 2.75) is 58.5 Å². The lowest BCUT2D eigenvalue weighted by Crippen LogP contribution is -2.36. The molecule has 0 unspecified atom stereocenters. The molecule has 5 heteroatoms. The van der Waals surface area contributed by atoms with Gasteiger partial charge < -0.3 is 9.47 Å². The average molecular weight is 426 g/mol. The van der Waals surface area contributed by atoms with Crippen molar-refractivity contribution in [2.24, 2.45) is 0 Å². The van der Waals surface area contributed by atoms with Crippen LogP contribution in [0.1, 0.15) is 38.8 Å². The van der Waals surface area contributed by atoms with Gasteiger partial charge in [-0.25, -0.2) is 4.79 Å². The maximum Gasteiger partial charge on any atom is 0.418 e. The van der Waals surface area contributed by atoms with Crippen molar-refractivity contribution in [3.8, 4) is 5.75 Å². The number of methoxy groups -OCH3 is 1. The number of allylic oxidation sites excluding steroid dienone is 1. The molecule has 0 radical (unpaired) electrons. The van der Waals surface area contributed by atoms with Gasteiger partial charge >= 0.3 is 6.09 Å². The molecule has 0 bridgehead atoms. The number of hydrogen-bond donors (Lipinski definition) is 0. The molecule has 0 aromatic heterocycles. The molecule has 2 aromatic carbocycles. The fourth-order valence-corrected chi connectivity index (χ4v) is 6.29. The molecule has 0 spiro atoms. The zero-order valence-corrected chi connectivity index (χ0v) is 20.5. The number of ether oxygens (including phenoxy) is 2. The van der Waals surface area contributed by atoms with E-state index in [0.717, 1.165) is 17.0 Å². The topological polar surface area (TPSA) is 38.8 Å². The third-order valence-corrected chi connectivity index (χ3v) is 7.25. The molecule has 1 amide bonds. The van der Waals surface area contributed by atoms with Gasteiger partial charge in [-0.1, -0.05) is 55.5 Å². The number of amides is 1. The maximum absolute atomic E-state index is 13.1. The van der Waals surface area contributed by atoms with E-state index in [1.165, 1.54) is 5.56 Å². The Kier molecular flexibility index (Phi) is 7.53. The molecule has 0 saturated heterocycles.